The fraction of sp³-hybridized carbons (Fsp3) is 0.667. The Bertz CT molecular complexity index is 190. The van der Waals surface area contributed by atoms with Gasteiger partial charge in [0.2, 0.25) is 0 Å². The van der Waals surface area contributed by atoms with E-state index in [9.17, 15) is 4.39 Å². The van der Waals surface area contributed by atoms with Gasteiger partial charge in [-0.15, -0.1) is 0 Å². The van der Waals surface area contributed by atoms with Gasteiger partial charge in [0.25, 0.3) is 0 Å². The van der Waals surface area contributed by atoms with Gasteiger partial charge in [-0.2, -0.15) is 0 Å². The Morgan fingerprint density at radius 2 is 2.00 bits per heavy atom. The highest BCUT2D eigenvalue weighted by Crippen LogP contribution is 2.17. The lowest BCUT2D eigenvalue weighted by Gasteiger charge is -2.35. The van der Waals surface area contributed by atoms with E-state index in [1.807, 2.05) is 19.9 Å². The molecular formula is C12H22FN. The number of likely N-dealkylation sites (tertiary alicyclic amines) is 1. The van der Waals surface area contributed by atoms with E-state index in [0.717, 1.165) is 25.4 Å². The first-order valence-electron chi connectivity index (χ1n) is 5.39. The molecule has 1 heterocycles. The summed E-state index contributed by atoms with van der Waals surface area (Å²) in [4.78, 5) is 2.27. The zero-order valence-corrected chi connectivity index (χ0v) is 9.76. The smallest absolute Gasteiger partial charge is 0.118 e. The highest BCUT2D eigenvalue weighted by Gasteiger charge is 2.21. The highest BCUT2D eigenvalue weighted by atomic mass is 19.1. The van der Waals surface area contributed by atoms with Gasteiger partial charge in [-0.25, -0.2) is 4.39 Å². The minimum atomic E-state index is -0.136. The number of rotatable bonds is 3. The van der Waals surface area contributed by atoms with E-state index in [1.54, 1.807) is 13.0 Å². The average Bonchev–Trinajstić information content (AvgIpc) is 2.18. The maximum Gasteiger partial charge on any atom is 0.118 e. The summed E-state index contributed by atoms with van der Waals surface area (Å²) in [5.74, 6) is 0.610. The second kappa shape index (κ2) is 7.74. The zero-order chi connectivity index (χ0) is 11.0. The SMILES string of the molecule is C/C=C(F)\C=C/CC1CN(C)C1.CC. The second-order valence-electron chi connectivity index (χ2n) is 3.40. The molecule has 82 valence electrons. The third-order valence-electron chi connectivity index (χ3n) is 2.16. The topological polar surface area (TPSA) is 3.24 Å². The zero-order valence-electron chi connectivity index (χ0n) is 9.76. The summed E-state index contributed by atoms with van der Waals surface area (Å²) in [6.07, 6.45) is 5.96. The summed E-state index contributed by atoms with van der Waals surface area (Å²) in [6.45, 7) is 8.01. The van der Waals surface area contributed by atoms with Crippen LogP contribution in [0.2, 0.25) is 0 Å². The fourth-order valence-electron chi connectivity index (χ4n) is 1.45. The monoisotopic (exact) mass is 199 g/mol. The predicted molar refractivity (Wildman–Crippen MR) is 61.0 cm³/mol. The normalized spacial score (nSPS) is 19.1. The van der Waals surface area contributed by atoms with Crippen molar-refractivity contribution in [2.24, 2.45) is 5.92 Å². The Kier molecular flexibility index (Phi) is 7.40. The van der Waals surface area contributed by atoms with Gasteiger partial charge in [0.1, 0.15) is 5.83 Å². The standard InChI is InChI=1S/C10H16FN.C2H6/c1-3-10(11)6-4-5-9-7-12(2)8-9;1-2/h3-4,6,9H,5,7-8H2,1-2H3;1-2H3/b6-4-,10-3+;. The van der Waals surface area contributed by atoms with Crippen molar-refractivity contribution in [3.63, 3.8) is 0 Å². The molecule has 1 aliphatic heterocycles. The van der Waals surface area contributed by atoms with E-state index in [0.29, 0.717) is 0 Å². The van der Waals surface area contributed by atoms with Gasteiger partial charge in [-0.1, -0.05) is 26.0 Å². The number of halogens is 1. The molecule has 1 nitrogen and oxygen atoms in total. The third kappa shape index (κ3) is 5.18. The van der Waals surface area contributed by atoms with Crippen molar-refractivity contribution in [3.05, 3.63) is 24.1 Å². The lowest BCUT2D eigenvalue weighted by Crippen LogP contribution is -2.43. The summed E-state index contributed by atoms with van der Waals surface area (Å²) in [7, 11) is 2.10. The Labute approximate surface area is 87.3 Å². The summed E-state index contributed by atoms with van der Waals surface area (Å²) < 4.78 is 12.5. The van der Waals surface area contributed by atoms with Crippen LogP contribution in [-0.2, 0) is 0 Å². The van der Waals surface area contributed by atoms with E-state index in [2.05, 4.69) is 11.9 Å². The highest BCUT2D eigenvalue weighted by molar-refractivity contribution is 5.10. The molecule has 0 bridgehead atoms. The molecule has 1 aliphatic rings. The van der Waals surface area contributed by atoms with Crippen LogP contribution in [0.25, 0.3) is 0 Å². The van der Waals surface area contributed by atoms with Crippen molar-refractivity contribution in [2.45, 2.75) is 27.2 Å². The van der Waals surface area contributed by atoms with Crippen molar-refractivity contribution < 1.29 is 4.39 Å². The first kappa shape index (κ1) is 13.4. The van der Waals surface area contributed by atoms with Gasteiger partial charge >= 0.3 is 0 Å². The minimum Gasteiger partial charge on any atom is -0.306 e. The minimum absolute atomic E-state index is 0.136. The van der Waals surface area contributed by atoms with Gasteiger partial charge in [-0.3, -0.25) is 0 Å². The molecule has 0 N–H and O–H groups in total. The van der Waals surface area contributed by atoms with E-state index in [4.69, 9.17) is 0 Å². The van der Waals surface area contributed by atoms with Gasteiger partial charge in [0.05, 0.1) is 0 Å². The van der Waals surface area contributed by atoms with Crippen molar-refractivity contribution in [2.75, 3.05) is 20.1 Å². The van der Waals surface area contributed by atoms with Crippen molar-refractivity contribution >= 4 is 0 Å². The van der Waals surface area contributed by atoms with Crippen LogP contribution >= 0.6 is 0 Å². The quantitative estimate of drug-likeness (QED) is 0.630. The van der Waals surface area contributed by atoms with Gasteiger partial charge in [0, 0.05) is 13.1 Å². The van der Waals surface area contributed by atoms with E-state index in [-0.39, 0.29) is 5.83 Å². The Morgan fingerprint density at radius 3 is 2.43 bits per heavy atom. The first-order valence-corrected chi connectivity index (χ1v) is 5.39. The van der Waals surface area contributed by atoms with Crippen molar-refractivity contribution in [3.8, 4) is 0 Å². The molecule has 2 heteroatoms. The van der Waals surface area contributed by atoms with E-state index < -0.39 is 0 Å². The fourth-order valence-corrected chi connectivity index (χ4v) is 1.45. The lowest BCUT2D eigenvalue weighted by atomic mass is 9.97. The average molecular weight is 199 g/mol. The number of hydrogen-bond acceptors (Lipinski definition) is 1. The number of nitrogens with zero attached hydrogens (tertiary/aromatic N) is 1. The van der Waals surface area contributed by atoms with Crippen LogP contribution in [-0.4, -0.2) is 25.0 Å². The first-order chi connectivity index (χ1) is 6.72. The molecule has 1 fully saturated rings. The van der Waals surface area contributed by atoms with Crippen molar-refractivity contribution in [1.82, 2.24) is 4.90 Å². The van der Waals surface area contributed by atoms with Crippen LogP contribution in [0, 0.1) is 5.92 Å². The molecule has 0 atom stereocenters. The number of allylic oxidation sites excluding steroid dienone is 4. The maximum atomic E-state index is 12.5. The molecule has 1 saturated heterocycles. The molecule has 14 heavy (non-hydrogen) atoms. The Balaban J connectivity index is 0.000000791. The molecule has 0 aliphatic carbocycles. The Hall–Kier alpha value is -0.630. The second-order valence-corrected chi connectivity index (χ2v) is 3.40. The van der Waals surface area contributed by atoms with Gasteiger partial charge in [-0.05, 0) is 32.4 Å². The van der Waals surface area contributed by atoms with Gasteiger partial charge in [0.15, 0.2) is 0 Å². The molecule has 1 rings (SSSR count). The molecule has 0 aromatic rings. The summed E-state index contributed by atoms with van der Waals surface area (Å²) in [6, 6.07) is 0. The molecule has 0 unspecified atom stereocenters. The maximum absolute atomic E-state index is 12.5. The molecule has 0 saturated carbocycles. The Morgan fingerprint density at radius 1 is 1.43 bits per heavy atom. The summed E-state index contributed by atoms with van der Waals surface area (Å²) in [5, 5.41) is 0. The van der Waals surface area contributed by atoms with E-state index >= 15 is 0 Å². The summed E-state index contributed by atoms with van der Waals surface area (Å²) in [5.41, 5.74) is 0. The van der Waals surface area contributed by atoms with Crippen LogP contribution in [0.3, 0.4) is 0 Å². The lowest BCUT2D eigenvalue weighted by molar-refractivity contribution is 0.137. The molecule has 0 radical (unpaired) electrons. The van der Waals surface area contributed by atoms with Crippen LogP contribution in [0.5, 0.6) is 0 Å². The molecule has 0 spiro atoms. The molecular weight excluding hydrogens is 177 g/mol. The third-order valence-corrected chi connectivity index (χ3v) is 2.16. The van der Waals surface area contributed by atoms with E-state index in [1.165, 1.54) is 6.08 Å². The van der Waals surface area contributed by atoms with Crippen LogP contribution < -0.4 is 0 Å². The number of hydrogen-bond donors (Lipinski definition) is 0. The summed E-state index contributed by atoms with van der Waals surface area (Å²) >= 11 is 0. The predicted octanol–water partition coefficient (Wildman–Crippen LogP) is 3.39. The molecule has 0 aromatic heterocycles. The van der Waals surface area contributed by atoms with Crippen LogP contribution in [0.1, 0.15) is 27.2 Å². The van der Waals surface area contributed by atoms with Crippen molar-refractivity contribution in [1.29, 1.82) is 0 Å². The largest absolute Gasteiger partial charge is 0.306 e. The van der Waals surface area contributed by atoms with Crippen LogP contribution in [0.15, 0.2) is 24.1 Å². The van der Waals surface area contributed by atoms with Crippen LogP contribution in [0.4, 0.5) is 4.39 Å². The van der Waals surface area contributed by atoms with Gasteiger partial charge < -0.3 is 4.90 Å². The molecule has 0 amide bonds. The molecule has 0 aromatic carbocycles.